The molecule has 2 nitrogen and oxygen atoms in total. The van der Waals surface area contributed by atoms with Crippen molar-refractivity contribution in [1.29, 1.82) is 0 Å². The second-order valence-corrected chi connectivity index (χ2v) is 2.92. The highest BCUT2D eigenvalue weighted by molar-refractivity contribution is 4.72. The van der Waals surface area contributed by atoms with Crippen molar-refractivity contribution in [3.05, 3.63) is 0 Å². The Balaban J connectivity index is 2.35. The standard InChI is InChI=1S/C7H14O2/c1-5-4-9-6(2)3-7(5)8/h5-8H,3-4H2,1-2H3/t5?,6?,7-/m0/s1. The Labute approximate surface area is 55.8 Å². The summed E-state index contributed by atoms with van der Waals surface area (Å²) in [6.45, 7) is 4.72. The molecule has 0 spiro atoms. The first-order valence-corrected chi connectivity index (χ1v) is 3.50. The lowest BCUT2D eigenvalue weighted by molar-refractivity contribution is -0.0695. The third-order valence-electron chi connectivity index (χ3n) is 1.87. The van der Waals surface area contributed by atoms with E-state index in [1.54, 1.807) is 0 Å². The highest BCUT2D eigenvalue weighted by Crippen LogP contribution is 2.17. The van der Waals surface area contributed by atoms with Gasteiger partial charge in [0.05, 0.1) is 18.8 Å². The molecule has 0 amide bonds. The van der Waals surface area contributed by atoms with Gasteiger partial charge in [0, 0.05) is 5.92 Å². The zero-order chi connectivity index (χ0) is 6.85. The number of hydrogen-bond donors (Lipinski definition) is 1. The third kappa shape index (κ3) is 1.66. The molecule has 1 saturated heterocycles. The Bertz CT molecular complexity index is 92.9. The molecule has 9 heavy (non-hydrogen) atoms. The third-order valence-corrected chi connectivity index (χ3v) is 1.87. The molecule has 1 aliphatic rings. The van der Waals surface area contributed by atoms with Crippen LogP contribution in [0.1, 0.15) is 20.3 Å². The van der Waals surface area contributed by atoms with Crippen LogP contribution in [0.2, 0.25) is 0 Å². The first-order chi connectivity index (χ1) is 4.20. The number of aliphatic hydroxyl groups is 1. The van der Waals surface area contributed by atoms with E-state index in [9.17, 15) is 5.11 Å². The predicted octanol–water partition coefficient (Wildman–Crippen LogP) is 0.792. The molecule has 1 heterocycles. The monoisotopic (exact) mass is 130 g/mol. The van der Waals surface area contributed by atoms with E-state index in [2.05, 4.69) is 0 Å². The molecule has 0 radical (unpaired) electrons. The van der Waals surface area contributed by atoms with Gasteiger partial charge >= 0.3 is 0 Å². The molecule has 54 valence electrons. The molecule has 3 atom stereocenters. The average Bonchev–Trinajstić information content (AvgIpc) is 1.80. The van der Waals surface area contributed by atoms with E-state index in [0.29, 0.717) is 12.5 Å². The summed E-state index contributed by atoms with van der Waals surface area (Å²) in [7, 11) is 0. The van der Waals surface area contributed by atoms with Gasteiger partial charge in [-0.05, 0) is 13.3 Å². The number of rotatable bonds is 0. The van der Waals surface area contributed by atoms with Crippen LogP contribution < -0.4 is 0 Å². The molecule has 1 N–H and O–H groups in total. The highest BCUT2D eigenvalue weighted by Gasteiger charge is 2.23. The van der Waals surface area contributed by atoms with E-state index in [4.69, 9.17) is 4.74 Å². The topological polar surface area (TPSA) is 29.5 Å². The van der Waals surface area contributed by atoms with Crippen molar-refractivity contribution in [2.75, 3.05) is 6.61 Å². The molecule has 0 bridgehead atoms. The molecule has 2 unspecified atom stereocenters. The Morgan fingerprint density at radius 3 is 2.56 bits per heavy atom. The SMILES string of the molecule is CC1C[C@H](O)C(C)CO1. The Hall–Kier alpha value is -0.0800. The maximum Gasteiger partial charge on any atom is 0.0612 e. The molecule has 0 aromatic carbocycles. The van der Waals surface area contributed by atoms with Gasteiger partial charge in [0.1, 0.15) is 0 Å². The van der Waals surface area contributed by atoms with Crippen molar-refractivity contribution in [3.63, 3.8) is 0 Å². The van der Waals surface area contributed by atoms with Crippen LogP contribution in [0.25, 0.3) is 0 Å². The van der Waals surface area contributed by atoms with Crippen molar-refractivity contribution in [3.8, 4) is 0 Å². The molecule has 1 aliphatic heterocycles. The maximum atomic E-state index is 9.27. The van der Waals surface area contributed by atoms with Gasteiger partial charge in [-0.2, -0.15) is 0 Å². The van der Waals surface area contributed by atoms with Crippen LogP contribution in [-0.4, -0.2) is 23.9 Å². The summed E-state index contributed by atoms with van der Waals surface area (Å²) in [5, 5.41) is 9.27. The number of aliphatic hydroxyl groups excluding tert-OH is 1. The lowest BCUT2D eigenvalue weighted by atomic mass is 9.98. The minimum atomic E-state index is -0.145. The summed E-state index contributed by atoms with van der Waals surface area (Å²) in [6.07, 6.45) is 0.895. The summed E-state index contributed by atoms with van der Waals surface area (Å²) in [6, 6.07) is 0. The van der Waals surface area contributed by atoms with Gasteiger partial charge in [0.25, 0.3) is 0 Å². The zero-order valence-corrected chi connectivity index (χ0v) is 6.00. The molecule has 0 aromatic heterocycles. The van der Waals surface area contributed by atoms with Crippen LogP contribution in [0.15, 0.2) is 0 Å². The van der Waals surface area contributed by atoms with Gasteiger partial charge in [0.15, 0.2) is 0 Å². The Kier molecular flexibility index (Phi) is 2.09. The van der Waals surface area contributed by atoms with Crippen LogP contribution in [0.4, 0.5) is 0 Å². The highest BCUT2D eigenvalue weighted by atomic mass is 16.5. The van der Waals surface area contributed by atoms with Crippen molar-refractivity contribution in [2.45, 2.75) is 32.5 Å². The molecule has 1 fully saturated rings. The normalized spacial score (nSPS) is 45.0. The van der Waals surface area contributed by atoms with Gasteiger partial charge in [0.2, 0.25) is 0 Å². The fourth-order valence-electron chi connectivity index (χ4n) is 1.07. The first kappa shape index (κ1) is 7.03. The van der Waals surface area contributed by atoms with E-state index < -0.39 is 0 Å². The molecule has 0 aromatic rings. The molecule has 2 heteroatoms. The van der Waals surface area contributed by atoms with Crippen LogP contribution >= 0.6 is 0 Å². The summed E-state index contributed by atoms with van der Waals surface area (Å²) < 4.78 is 5.30. The summed E-state index contributed by atoms with van der Waals surface area (Å²) >= 11 is 0. The van der Waals surface area contributed by atoms with Crippen molar-refractivity contribution >= 4 is 0 Å². The molecule has 0 aliphatic carbocycles. The molecular formula is C7H14O2. The maximum absolute atomic E-state index is 9.27. The fraction of sp³-hybridized carbons (Fsp3) is 1.00. The van der Waals surface area contributed by atoms with Gasteiger partial charge in [-0.1, -0.05) is 6.92 Å². The van der Waals surface area contributed by atoms with Crippen molar-refractivity contribution in [1.82, 2.24) is 0 Å². The van der Waals surface area contributed by atoms with Gasteiger partial charge in [-0.3, -0.25) is 0 Å². The molecular weight excluding hydrogens is 116 g/mol. The van der Waals surface area contributed by atoms with Crippen LogP contribution in [0.3, 0.4) is 0 Å². The fourth-order valence-corrected chi connectivity index (χ4v) is 1.07. The van der Waals surface area contributed by atoms with E-state index in [1.807, 2.05) is 13.8 Å². The second-order valence-electron chi connectivity index (χ2n) is 2.92. The van der Waals surface area contributed by atoms with Gasteiger partial charge < -0.3 is 9.84 Å². The predicted molar refractivity (Wildman–Crippen MR) is 35.2 cm³/mol. The quantitative estimate of drug-likeness (QED) is 0.525. The lowest BCUT2D eigenvalue weighted by Gasteiger charge is -2.28. The summed E-state index contributed by atoms with van der Waals surface area (Å²) in [5.74, 6) is 0.321. The number of ether oxygens (including phenoxy) is 1. The minimum absolute atomic E-state index is 0.145. The molecule has 0 saturated carbocycles. The Morgan fingerprint density at radius 1 is 1.44 bits per heavy atom. The van der Waals surface area contributed by atoms with E-state index in [-0.39, 0.29) is 12.2 Å². The second kappa shape index (κ2) is 2.67. The van der Waals surface area contributed by atoms with Gasteiger partial charge in [-0.25, -0.2) is 0 Å². The molecule has 1 rings (SSSR count). The Morgan fingerprint density at radius 2 is 2.11 bits per heavy atom. The van der Waals surface area contributed by atoms with E-state index in [1.165, 1.54) is 0 Å². The van der Waals surface area contributed by atoms with Crippen LogP contribution in [0.5, 0.6) is 0 Å². The van der Waals surface area contributed by atoms with Crippen LogP contribution in [0, 0.1) is 5.92 Å². The van der Waals surface area contributed by atoms with E-state index >= 15 is 0 Å². The van der Waals surface area contributed by atoms with Gasteiger partial charge in [-0.15, -0.1) is 0 Å². The minimum Gasteiger partial charge on any atom is -0.393 e. The summed E-state index contributed by atoms with van der Waals surface area (Å²) in [4.78, 5) is 0. The van der Waals surface area contributed by atoms with Crippen LogP contribution in [-0.2, 0) is 4.74 Å². The smallest absolute Gasteiger partial charge is 0.0612 e. The largest absolute Gasteiger partial charge is 0.393 e. The first-order valence-electron chi connectivity index (χ1n) is 3.50. The lowest BCUT2D eigenvalue weighted by Crippen LogP contribution is -2.34. The van der Waals surface area contributed by atoms with E-state index in [0.717, 1.165) is 6.42 Å². The summed E-state index contributed by atoms with van der Waals surface area (Å²) in [5.41, 5.74) is 0. The number of hydrogen-bond acceptors (Lipinski definition) is 2. The van der Waals surface area contributed by atoms with Crippen molar-refractivity contribution < 1.29 is 9.84 Å². The van der Waals surface area contributed by atoms with Crippen molar-refractivity contribution in [2.24, 2.45) is 5.92 Å². The zero-order valence-electron chi connectivity index (χ0n) is 6.00. The average molecular weight is 130 g/mol.